The van der Waals surface area contributed by atoms with Gasteiger partial charge < -0.3 is 9.63 Å². The fourth-order valence-electron chi connectivity index (χ4n) is 1.87. The number of rotatable bonds is 7. The fourth-order valence-corrected chi connectivity index (χ4v) is 3.48. The van der Waals surface area contributed by atoms with Crippen LogP contribution in [0, 0.1) is 0 Å². The standard InChI is InChI=1S/C15H15ClNO4P/c16-22(20,21-13-9-5-2-6-10-13)17-14(15(18)19)11-12-7-3-1-4-8-12/h1-10,14H,11H2,(H,17,20)(H,18,19)/t14-,22?/m0/s1. The first-order valence-corrected chi connectivity index (χ1v) is 9.08. The quantitative estimate of drug-likeness (QED) is 0.752. The second-order valence-electron chi connectivity index (χ2n) is 4.59. The molecule has 2 N–H and O–H groups in total. The molecule has 2 atom stereocenters. The number of hydrogen-bond donors (Lipinski definition) is 2. The molecule has 0 saturated carbocycles. The topological polar surface area (TPSA) is 75.6 Å². The molecule has 2 rings (SSSR count). The third kappa shape index (κ3) is 5.19. The van der Waals surface area contributed by atoms with Gasteiger partial charge in [-0.05, 0) is 24.1 Å². The molecule has 1 unspecified atom stereocenters. The summed E-state index contributed by atoms with van der Waals surface area (Å²) in [6.07, 6.45) is 0.144. The summed E-state index contributed by atoms with van der Waals surface area (Å²) in [5, 5.41) is 11.7. The zero-order valence-corrected chi connectivity index (χ0v) is 13.2. The molecule has 0 aliphatic heterocycles. The summed E-state index contributed by atoms with van der Waals surface area (Å²) in [6, 6.07) is 16.2. The second kappa shape index (κ2) is 7.45. The molecule has 5 nitrogen and oxygen atoms in total. The van der Waals surface area contributed by atoms with Gasteiger partial charge in [-0.25, -0.2) is 9.65 Å². The van der Waals surface area contributed by atoms with E-state index in [4.69, 9.17) is 15.8 Å². The predicted octanol–water partition coefficient (Wildman–Crippen LogP) is 3.70. The number of carboxylic acid groups (broad SMARTS) is 1. The van der Waals surface area contributed by atoms with Gasteiger partial charge in [-0.1, -0.05) is 48.5 Å². The van der Waals surface area contributed by atoms with E-state index < -0.39 is 18.9 Å². The van der Waals surface area contributed by atoms with Crippen molar-refractivity contribution in [2.45, 2.75) is 12.5 Å². The maximum atomic E-state index is 12.3. The minimum atomic E-state index is -3.82. The molecule has 0 amide bonds. The lowest BCUT2D eigenvalue weighted by molar-refractivity contribution is -0.138. The van der Waals surface area contributed by atoms with Gasteiger partial charge >= 0.3 is 12.8 Å². The van der Waals surface area contributed by atoms with Crippen LogP contribution in [0.3, 0.4) is 0 Å². The van der Waals surface area contributed by atoms with Crippen LogP contribution in [0.4, 0.5) is 0 Å². The molecule has 2 aromatic rings. The first-order valence-electron chi connectivity index (χ1n) is 6.55. The maximum Gasteiger partial charge on any atom is 0.409 e. The smallest absolute Gasteiger partial charge is 0.409 e. The largest absolute Gasteiger partial charge is 0.480 e. The molecule has 0 aromatic heterocycles. The zero-order valence-electron chi connectivity index (χ0n) is 11.6. The number of carboxylic acids is 1. The van der Waals surface area contributed by atoms with Crippen molar-refractivity contribution in [1.82, 2.24) is 5.09 Å². The van der Waals surface area contributed by atoms with Crippen molar-refractivity contribution in [3.8, 4) is 5.75 Å². The van der Waals surface area contributed by atoms with Gasteiger partial charge in [-0.15, -0.1) is 0 Å². The van der Waals surface area contributed by atoms with Gasteiger partial charge in [-0.2, -0.15) is 0 Å². The van der Waals surface area contributed by atoms with E-state index in [1.165, 1.54) is 0 Å². The minimum Gasteiger partial charge on any atom is -0.480 e. The summed E-state index contributed by atoms with van der Waals surface area (Å²) < 4.78 is 17.4. The summed E-state index contributed by atoms with van der Waals surface area (Å²) in [5.41, 5.74) is 0.791. The normalized spacial score (nSPS) is 14.8. The molecule has 0 radical (unpaired) electrons. The van der Waals surface area contributed by atoms with E-state index in [9.17, 15) is 14.5 Å². The van der Waals surface area contributed by atoms with Gasteiger partial charge in [-0.3, -0.25) is 4.79 Å². The molecule has 0 aliphatic rings. The number of halogens is 1. The van der Waals surface area contributed by atoms with Crippen molar-refractivity contribution in [2.75, 3.05) is 0 Å². The Bertz CT molecular complexity index is 666. The molecule has 0 heterocycles. The first-order chi connectivity index (χ1) is 10.5. The van der Waals surface area contributed by atoms with Crippen LogP contribution in [0.1, 0.15) is 5.56 Å². The molecule has 0 aliphatic carbocycles. The van der Waals surface area contributed by atoms with Gasteiger partial charge in [0.25, 0.3) is 0 Å². The molecular formula is C15H15ClNO4P. The minimum absolute atomic E-state index is 0.144. The van der Waals surface area contributed by atoms with Crippen molar-refractivity contribution in [3.63, 3.8) is 0 Å². The summed E-state index contributed by atoms with van der Waals surface area (Å²) in [5.74, 6) is -0.849. The van der Waals surface area contributed by atoms with Crippen LogP contribution >= 0.6 is 18.1 Å². The Morgan fingerprint density at radius 2 is 1.68 bits per heavy atom. The van der Waals surface area contributed by atoms with E-state index >= 15 is 0 Å². The SMILES string of the molecule is O=C(O)[C@H](Cc1ccccc1)NP(=O)(Cl)Oc1ccccc1. The average molecular weight is 340 g/mol. The molecule has 22 heavy (non-hydrogen) atoms. The van der Waals surface area contributed by atoms with Crippen molar-refractivity contribution >= 4 is 24.1 Å². The van der Waals surface area contributed by atoms with E-state index in [2.05, 4.69) is 5.09 Å². The Morgan fingerprint density at radius 1 is 1.14 bits per heavy atom. The van der Waals surface area contributed by atoms with E-state index in [0.29, 0.717) is 5.75 Å². The summed E-state index contributed by atoms with van der Waals surface area (Å²) in [7, 11) is 0. The van der Waals surface area contributed by atoms with Gasteiger partial charge in [0.2, 0.25) is 0 Å². The monoisotopic (exact) mass is 339 g/mol. The van der Waals surface area contributed by atoms with Gasteiger partial charge in [0.1, 0.15) is 11.8 Å². The van der Waals surface area contributed by atoms with E-state index in [-0.39, 0.29) is 6.42 Å². The van der Waals surface area contributed by atoms with E-state index in [0.717, 1.165) is 5.56 Å². The van der Waals surface area contributed by atoms with Crippen LogP contribution in [0.5, 0.6) is 5.75 Å². The van der Waals surface area contributed by atoms with Crippen molar-refractivity contribution in [2.24, 2.45) is 0 Å². The van der Waals surface area contributed by atoms with Crippen LogP contribution in [0.25, 0.3) is 0 Å². The molecule has 0 spiro atoms. The Labute approximate surface area is 133 Å². The van der Waals surface area contributed by atoms with Crippen LogP contribution in [0.2, 0.25) is 0 Å². The molecule has 2 aromatic carbocycles. The van der Waals surface area contributed by atoms with Gasteiger partial charge in [0.05, 0.1) is 0 Å². The number of nitrogens with one attached hydrogen (secondary N) is 1. The summed E-state index contributed by atoms with van der Waals surface area (Å²) in [6.45, 7) is -3.82. The Morgan fingerprint density at radius 3 is 2.23 bits per heavy atom. The third-order valence-electron chi connectivity index (χ3n) is 2.86. The van der Waals surface area contributed by atoms with Gasteiger partial charge in [0, 0.05) is 11.2 Å². The van der Waals surface area contributed by atoms with Crippen molar-refractivity contribution in [1.29, 1.82) is 0 Å². The number of para-hydroxylation sites is 1. The number of aliphatic carboxylic acids is 1. The van der Waals surface area contributed by atoms with E-state index in [1.807, 2.05) is 6.07 Å². The van der Waals surface area contributed by atoms with Crippen molar-refractivity contribution in [3.05, 3.63) is 66.2 Å². The van der Waals surface area contributed by atoms with Crippen molar-refractivity contribution < 1.29 is 19.0 Å². The lowest BCUT2D eigenvalue weighted by atomic mass is 10.1. The molecular weight excluding hydrogens is 325 g/mol. The van der Waals surface area contributed by atoms with Crippen LogP contribution in [-0.2, 0) is 15.8 Å². The fraction of sp³-hybridized carbons (Fsp3) is 0.133. The van der Waals surface area contributed by atoms with E-state index in [1.54, 1.807) is 54.6 Å². The number of carbonyl (C=O) groups is 1. The molecule has 0 fully saturated rings. The zero-order chi connectivity index (χ0) is 16.0. The highest BCUT2D eigenvalue weighted by Gasteiger charge is 2.30. The van der Waals surface area contributed by atoms with Crippen LogP contribution < -0.4 is 9.61 Å². The summed E-state index contributed by atoms with van der Waals surface area (Å²) in [4.78, 5) is 11.3. The maximum absolute atomic E-state index is 12.3. The highest BCUT2D eigenvalue weighted by atomic mass is 35.7. The second-order valence-corrected chi connectivity index (χ2v) is 7.33. The molecule has 7 heteroatoms. The van der Waals surface area contributed by atoms with Gasteiger partial charge in [0.15, 0.2) is 0 Å². The highest BCUT2D eigenvalue weighted by molar-refractivity contribution is 7.84. The number of hydrogen-bond acceptors (Lipinski definition) is 3. The molecule has 116 valence electrons. The third-order valence-corrected chi connectivity index (χ3v) is 4.42. The molecule has 0 bridgehead atoms. The predicted molar refractivity (Wildman–Crippen MR) is 85.2 cm³/mol. The average Bonchev–Trinajstić information content (AvgIpc) is 2.48. The molecule has 0 saturated heterocycles. The summed E-state index contributed by atoms with van der Waals surface area (Å²) >= 11 is 5.83. The Kier molecular flexibility index (Phi) is 5.61. The highest BCUT2D eigenvalue weighted by Crippen LogP contribution is 2.48. The first kappa shape index (κ1) is 16.6. The van der Waals surface area contributed by atoms with Crippen LogP contribution in [-0.4, -0.2) is 17.1 Å². The Hall–Kier alpha value is -1.81. The van der Waals surface area contributed by atoms with Crippen LogP contribution in [0.15, 0.2) is 60.7 Å². The lowest BCUT2D eigenvalue weighted by Crippen LogP contribution is -2.36. The Balaban J connectivity index is 2.06. The lowest BCUT2D eigenvalue weighted by Gasteiger charge is -2.19. The number of benzene rings is 2.